The Morgan fingerprint density at radius 3 is 1.63 bits per heavy atom. The van der Waals surface area contributed by atoms with Gasteiger partial charge in [0.25, 0.3) is 0 Å². The highest BCUT2D eigenvalue weighted by atomic mass is 16.5. The summed E-state index contributed by atoms with van der Waals surface area (Å²) in [6, 6.07) is 0. The molecule has 0 aliphatic carbocycles. The third-order valence-corrected chi connectivity index (χ3v) is 7.63. The predicted octanol–water partition coefficient (Wildman–Crippen LogP) is 11.8. The normalized spacial score (nSPS) is 12.6. The second-order valence-corrected chi connectivity index (χ2v) is 11.7. The van der Waals surface area contributed by atoms with Crippen molar-refractivity contribution in [3.05, 3.63) is 36.5 Å². The molecule has 0 fully saturated rings. The van der Waals surface area contributed by atoms with Gasteiger partial charge in [-0.05, 0) is 64.2 Å². The van der Waals surface area contributed by atoms with Crippen LogP contribution in [0.25, 0.3) is 0 Å². The maximum absolute atomic E-state index is 12.4. The Balaban J connectivity index is 3.84. The average molecular weight is 575 g/mol. The Labute approximate surface area is 254 Å². The van der Waals surface area contributed by atoms with Gasteiger partial charge in [-0.2, -0.15) is 0 Å². The van der Waals surface area contributed by atoms with Gasteiger partial charge in [-0.15, -0.1) is 0 Å². The lowest BCUT2D eigenvalue weighted by atomic mass is 10.0. The number of unbranched alkanes of at least 4 members (excludes halogenated alkanes) is 16. The summed E-state index contributed by atoms with van der Waals surface area (Å²) in [5.41, 5.74) is 0. The minimum Gasteiger partial charge on any atom is -0.481 e. The van der Waals surface area contributed by atoms with Crippen molar-refractivity contribution >= 4 is 11.9 Å². The molecule has 0 aromatic rings. The summed E-state index contributed by atoms with van der Waals surface area (Å²) in [5.74, 6) is -0.874. The molecule has 0 aliphatic heterocycles. The van der Waals surface area contributed by atoms with E-state index in [9.17, 15) is 9.59 Å². The second kappa shape index (κ2) is 32.7. The van der Waals surface area contributed by atoms with E-state index in [1.54, 1.807) is 0 Å². The Morgan fingerprint density at radius 2 is 1.05 bits per heavy atom. The summed E-state index contributed by atoms with van der Waals surface area (Å²) in [4.78, 5) is 23.4. The molecule has 4 heteroatoms. The van der Waals surface area contributed by atoms with Crippen LogP contribution in [0.3, 0.4) is 0 Å². The lowest BCUT2D eigenvalue weighted by Gasteiger charge is -2.18. The van der Waals surface area contributed by atoms with E-state index in [1.807, 2.05) is 0 Å². The van der Waals surface area contributed by atoms with Gasteiger partial charge in [0.05, 0.1) is 0 Å². The maximum atomic E-state index is 12.4. The molecule has 0 bridgehead atoms. The second-order valence-electron chi connectivity index (χ2n) is 11.7. The zero-order valence-electron chi connectivity index (χ0n) is 27.1. The number of aliphatic carboxylic acids is 1. The van der Waals surface area contributed by atoms with Crippen molar-refractivity contribution in [2.75, 3.05) is 0 Å². The topological polar surface area (TPSA) is 63.6 Å². The molecule has 1 unspecified atom stereocenters. The van der Waals surface area contributed by atoms with Crippen molar-refractivity contribution in [3.63, 3.8) is 0 Å². The molecule has 0 aliphatic rings. The predicted molar refractivity (Wildman–Crippen MR) is 176 cm³/mol. The van der Waals surface area contributed by atoms with Gasteiger partial charge in [0.1, 0.15) is 6.10 Å². The fourth-order valence-corrected chi connectivity index (χ4v) is 5.09. The van der Waals surface area contributed by atoms with E-state index >= 15 is 0 Å². The molecular weight excluding hydrogens is 508 g/mol. The molecule has 1 N–H and O–H groups in total. The number of carbonyl (C=O) groups excluding carboxylic acids is 1. The first kappa shape index (κ1) is 39.2. The Morgan fingerprint density at radius 1 is 0.561 bits per heavy atom. The van der Waals surface area contributed by atoms with Crippen molar-refractivity contribution in [2.45, 2.75) is 187 Å². The highest BCUT2D eigenvalue weighted by Crippen LogP contribution is 2.18. The van der Waals surface area contributed by atoms with Gasteiger partial charge in [0, 0.05) is 12.8 Å². The first-order chi connectivity index (χ1) is 20.1. The van der Waals surface area contributed by atoms with Gasteiger partial charge in [-0.1, -0.05) is 140 Å². The lowest BCUT2D eigenvalue weighted by Crippen LogP contribution is -2.18. The molecule has 41 heavy (non-hydrogen) atoms. The van der Waals surface area contributed by atoms with Crippen LogP contribution >= 0.6 is 0 Å². The molecule has 0 heterocycles. The van der Waals surface area contributed by atoms with E-state index in [-0.39, 0.29) is 18.5 Å². The maximum Gasteiger partial charge on any atom is 0.306 e. The molecule has 0 radical (unpaired) electrons. The van der Waals surface area contributed by atoms with Crippen molar-refractivity contribution in [3.8, 4) is 0 Å². The molecule has 0 amide bonds. The summed E-state index contributed by atoms with van der Waals surface area (Å²) < 4.78 is 5.80. The van der Waals surface area contributed by atoms with E-state index in [0.717, 1.165) is 44.9 Å². The summed E-state index contributed by atoms with van der Waals surface area (Å²) in [5, 5.41) is 8.97. The minimum atomic E-state index is -0.774. The third kappa shape index (κ3) is 32.5. The van der Waals surface area contributed by atoms with Crippen molar-refractivity contribution < 1.29 is 19.4 Å². The van der Waals surface area contributed by atoms with Gasteiger partial charge in [-0.3, -0.25) is 9.59 Å². The van der Waals surface area contributed by atoms with Crippen LogP contribution in [0.4, 0.5) is 0 Å². The SMILES string of the molecule is CC/C=C\C/C=C\C/C=C\CCCCCCCCCC(=O)OC(CCCCCCCCCCCC)CCCC(=O)O. The fraction of sp³-hybridized carbons (Fsp3) is 0.784. The number of hydrogen-bond donors (Lipinski definition) is 1. The van der Waals surface area contributed by atoms with Crippen molar-refractivity contribution in [2.24, 2.45) is 0 Å². The highest BCUT2D eigenvalue weighted by molar-refractivity contribution is 5.69. The highest BCUT2D eigenvalue weighted by Gasteiger charge is 2.15. The van der Waals surface area contributed by atoms with Gasteiger partial charge < -0.3 is 9.84 Å². The molecule has 0 saturated heterocycles. The molecule has 0 aromatic carbocycles. The van der Waals surface area contributed by atoms with Crippen LogP contribution < -0.4 is 0 Å². The number of rotatable bonds is 31. The van der Waals surface area contributed by atoms with E-state index in [0.29, 0.717) is 19.3 Å². The van der Waals surface area contributed by atoms with Crippen LogP contribution in [0.15, 0.2) is 36.5 Å². The van der Waals surface area contributed by atoms with Crippen LogP contribution in [0.1, 0.15) is 181 Å². The average Bonchev–Trinajstić information content (AvgIpc) is 2.95. The van der Waals surface area contributed by atoms with Gasteiger partial charge in [-0.25, -0.2) is 0 Å². The van der Waals surface area contributed by atoms with Crippen LogP contribution in [-0.2, 0) is 14.3 Å². The van der Waals surface area contributed by atoms with E-state index in [4.69, 9.17) is 9.84 Å². The zero-order chi connectivity index (χ0) is 30.1. The molecule has 4 nitrogen and oxygen atoms in total. The van der Waals surface area contributed by atoms with E-state index in [2.05, 4.69) is 50.3 Å². The van der Waals surface area contributed by atoms with Crippen LogP contribution in [0, 0.1) is 0 Å². The van der Waals surface area contributed by atoms with E-state index in [1.165, 1.54) is 96.3 Å². The lowest BCUT2D eigenvalue weighted by molar-refractivity contribution is -0.150. The number of ether oxygens (including phenoxy) is 1. The number of allylic oxidation sites excluding steroid dienone is 6. The molecule has 0 rings (SSSR count). The van der Waals surface area contributed by atoms with Crippen molar-refractivity contribution in [1.82, 2.24) is 0 Å². The Bertz CT molecular complexity index is 664. The molecule has 0 spiro atoms. The standard InChI is InChI=1S/C37H66O4/c1-3-5-7-9-11-13-15-16-17-18-19-20-21-23-25-27-29-34-37(40)41-35(32-30-33-36(38)39)31-28-26-24-22-14-12-10-8-6-4-2/h5,7,11,13,16-17,35H,3-4,6,8-10,12,14-15,18-34H2,1-2H3,(H,38,39)/b7-5-,13-11-,17-16-. The smallest absolute Gasteiger partial charge is 0.306 e. The number of carboxylic acids is 1. The molecule has 1 atom stereocenters. The summed E-state index contributed by atoms with van der Waals surface area (Å²) in [6.45, 7) is 4.41. The number of carboxylic acid groups (broad SMARTS) is 1. The van der Waals surface area contributed by atoms with Crippen LogP contribution in [-0.4, -0.2) is 23.1 Å². The van der Waals surface area contributed by atoms with Crippen LogP contribution in [0.5, 0.6) is 0 Å². The number of esters is 1. The Hall–Kier alpha value is -1.84. The molecule has 238 valence electrons. The summed E-state index contributed by atoms with van der Waals surface area (Å²) in [7, 11) is 0. The van der Waals surface area contributed by atoms with Crippen molar-refractivity contribution in [1.29, 1.82) is 0 Å². The van der Waals surface area contributed by atoms with E-state index < -0.39 is 5.97 Å². The van der Waals surface area contributed by atoms with Gasteiger partial charge in [0.15, 0.2) is 0 Å². The largest absolute Gasteiger partial charge is 0.481 e. The molecule has 0 saturated carbocycles. The van der Waals surface area contributed by atoms with Crippen LogP contribution in [0.2, 0.25) is 0 Å². The first-order valence-electron chi connectivity index (χ1n) is 17.5. The quantitative estimate of drug-likeness (QED) is 0.0508. The third-order valence-electron chi connectivity index (χ3n) is 7.63. The minimum absolute atomic E-state index is 0.100. The monoisotopic (exact) mass is 574 g/mol. The fourth-order valence-electron chi connectivity index (χ4n) is 5.09. The number of hydrogen-bond acceptors (Lipinski definition) is 3. The first-order valence-corrected chi connectivity index (χ1v) is 17.5. The number of carbonyl (C=O) groups is 2. The summed E-state index contributed by atoms with van der Waals surface area (Å²) in [6.07, 6.45) is 41.5. The molecular formula is C37H66O4. The Kier molecular flexibility index (Phi) is 31.2. The molecule has 0 aromatic heterocycles. The summed E-state index contributed by atoms with van der Waals surface area (Å²) >= 11 is 0. The van der Waals surface area contributed by atoms with Gasteiger partial charge in [0.2, 0.25) is 0 Å². The van der Waals surface area contributed by atoms with Gasteiger partial charge >= 0.3 is 11.9 Å². The zero-order valence-corrected chi connectivity index (χ0v) is 27.1.